The number of nitrogens with zero attached hydrogens (tertiary/aromatic N) is 1. The van der Waals surface area contributed by atoms with Crippen molar-refractivity contribution in [2.24, 2.45) is 0 Å². The van der Waals surface area contributed by atoms with Crippen LogP contribution in [0.2, 0.25) is 0 Å². The minimum Gasteiger partial charge on any atom is -0.317 e. The third-order valence-corrected chi connectivity index (χ3v) is 5.36. The van der Waals surface area contributed by atoms with Crippen LogP contribution in [-0.4, -0.2) is 21.0 Å². The van der Waals surface area contributed by atoms with E-state index in [0.29, 0.717) is 12.1 Å². The molecule has 1 aromatic heterocycles. The first kappa shape index (κ1) is 24.8. The molecule has 0 fully saturated rings. The summed E-state index contributed by atoms with van der Waals surface area (Å²) in [5.41, 5.74) is -2.33. The van der Waals surface area contributed by atoms with Crippen molar-refractivity contribution in [2.75, 3.05) is 15.4 Å². The Morgan fingerprint density at radius 2 is 1.62 bits per heavy atom. The van der Waals surface area contributed by atoms with Gasteiger partial charge in [0.1, 0.15) is 28.3 Å². The van der Waals surface area contributed by atoms with Crippen LogP contribution in [0.3, 0.4) is 0 Å². The van der Waals surface area contributed by atoms with Gasteiger partial charge in [-0.3, -0.25) is 14.3 Å². The normalized spacial score (nSPS) is 12.1. The van der Waals surface area contributed by atoms with Gasteiger partial charge < -0.3 is 10.6 Å². The summed E-state index contributed by atoms with van der Waals surface area (Å²) in [5.74, 6) is -3.54. The molecule has 0 aliphatic carbocycles. The Kier molecular flexibility index (Phi) is 7.25. The Labute approximate surface area is 192 Å². The third kappa shape index (κ3) is 5.92. The number of anilines is 3. The first-order valence-electron chi connectivity index (χ1n) is 9.34. The van der Waals surface area contributed by atoms with Crippen LogP contribution in [0.15, 0.2) is 59.6 Å². The van der Waals surface area contributed by atoms with Crippen molar-refractivity contribution >= 4 is 40.0 Å². The predicted molar refractivity (Wildman–Crippen MR) is 114 cm³/mol. The van der Waals surface area contributed by atoms with Crippen molar-refractivity contribution in [3.05, 3.63) is 77.5 Å². The molecule has 0 spiro atoms. The molecule has 2 aromatic carbocycles. The first-order valence-corrected chi connectivity index (χ1v) is 10.5. The van der Waals surface area contributed by atoms with E-state index in [1.807, 2.05) is 0 Å². The number of hydrogen-bond donors (Lipinski definition) is 3. The molecule has 1 heterocycles. The summed E-state index contributed by atoms with van der Waals surface area (Å²) in [6.45, 7) is 1.26. The van der Waals surface area contributed by atoms with Gasteiger partial charge in [-0.1, -0.05) is 0 Å². The molecule has 0 bridgehead atoms. The Morgan fingerprint density at radius 1 is 0.941 bits per heavy atom. The lowest BCUT2D eigenvalue weighted by atomic mass is 10.2. The number of benzene rings is 2. The van der Waals surface area contributed by atoms with Gasteiger partial charge in [-0.15, -0.1) is 0 Å². The van der Waals surface area contributed by atoms with E-state index in [-0.39, 0.29) is 22.2 Å². The summed E-state index contributed by atoms with van der Waals surface area (Å²) >= 11 is 0. The number of carbonyl (C=O) groups is 2. The fraction of sp³-hybridized carbons (Fsp3) is 0.0952. The SMILES string of the molecule is CC(=O)Nc1ccc(C(=O)Nc2c(F)ccc(NS(=O)c3ccc(C(F)(F)F)cc3)c2F)cn1. The van der Waals surface area contributed by atoms with Crippen LogP contribution in [-0.2, 0) is 22.0 Å². The summed E-state index contributed by atoms with van der Waals surface area (Å²) in [5, 5.41) is 4.45. The fourth-order valence-electron chi connectivity index (χ4n) is 2.64. The van der Waals surface area contributed by atoms with Crippen molar-refractivity contribution in [1.29, 1.82) is 0 Å². The molecule has 0 radical (unpaired) electrons. The zero-order valence-corrected chi connectivity index (χ0v) is 18.0. The van der Waals surface area contributed by atoms with Gasteiger partial charge in [0.25, 0.3) is 5.91 Å². The lowest BCUT2D eigenvalue weighted by Crippen LogP contribution is -2.16. The molecule has 13 heteroatoms. The molecule has 1 unspecified atom stereocenters. The highest BCUT2D eigenvalue weighted by Crippen LogP contribution is 2.30. The summed E-state index contributed by atoms with van der Waals surface area (Å²) < 4.78 is 81.7. The second kappa shape index (κ2) is 9.95. The van der Waals surface area contributed by atoms with Crippen LogP contribution in [0, 0.1) is 11.6 Å². The van der Waals surface area contributed by atoms with Crippen molar-refractivity contribution < 1.29 is 35.8 Å². The third-order valence-electron chi connectivity index (χ3n) is 4.26. The van der Waals surface area contributed by atoms with Crippen LogP contribution in [0.5, 0.6) is 0 Å². The van der Waals surface area contributed by atoms with Gasteiger partial charge in [0.05, 0.1) is 21.7 Å². The lowest BCUT2D eigenvalue weighted by Gasteiger charge is -2.13. The summed E-state index contributed by atoms with van der Waals surface area (Å²) in [6, 6.07) is 7.65. The van der Waals surface area contributed by atoms with Crippen molar-refractivity contribution in [1.82, 2.24) is 4.98 Å². The molecule has 0 aliphatic heterocycles. The zero-order valence-electron chi connectivity index (χ0n) is 17.2. The lowest BCUT2D eigenvalue weighted by molar-refractivity contribution is -0.137. The summed E-state index contributed by atoms with van der Waals surface area (Å²) in [6.07, 6.45) is -3.50. The van der Waals surface area contributed by atoms with Gasteiger partial charge in [0.2, 0.25) is 5.91 Å². The van der Waals surface area contributed by atoms with Crippen molar-refractivity contribution in [2.45, 2.75) is 18.0 Å². The Morgan fingerprint density at radius 3 is 2.18 bits per heavy atom. The van der Waals surface area contributed by atoms with E-state index >= 15 is 0 Å². The number of halogens is 5. The van der Waals surface area contributed by atoms with Gasteiger partial charge in [0, 0.05) is 13.1 Å². The number of hydrogen-bond acceptors (Lipinski definition) is 4. The molecule has 1 atom stereocenters. The molecule has 7 nitrogen and oxygen atoms in total. The van der Waals surface area contributed by atoms with Gasteiger partial charge >= 0.3 is 6.18 Å². The molecule has 34 heavy (non-hydrogen) atoms. The number of rotatable bonds is 6. The maximum Gasteiger partial charge on any atom is 0.416 e. The number of pyridine rings is 1. The van der Waals surface area contributed by atoms with Crippen LogP contribution < -0.4 is 15.4 Å². The molecule has 0 saturated carbocycles. The minimum absolute atomic E-state index is 0.0698. The molecule has 3 aromatic rings. The molecule has 2 amide bonds. The van der Waals surface area contributed by atoms with Gasteiger partial charge in [-0.2, -0.15) is 13.2 Å². The van der Waals surface area contributed by atoms with Gasteiger partial charge in [-0.25, -0.2) is 18.0 Å². The second-order valence-electron chi connectivity index (χ2n) is 6.74. The quantitative estimate of drug-likeness (QED) is 0.428. The van der Waals surface area contributed by atoms with Crippen molar-refractivity contribution in [3.8, 4) is 0 Å². The van der Waals surface area contributed by atoms with E-state index < -0.39 is 51.6 Å². The zero-order chi connectivity index (χ0) is 25.0. The number of nitrogens with one attached hydrogen (secondary N) is 3. The smallest absolute Gasteiger partial charge is 0.317 e. The van der Waals surface area contributed by atoms with E-state index in [1.165, 1.54) is 19.1 Å². The second-order valence-corrected chi connectivity index (χ2v) is 7.96. The van der Waals surface area contributed by atoms with E-state index in [9.17, 15) is 35.8 Å². The number of amides is 2. The monoisotopic (exact) mass is 498 g/mol. The van der Waals surface area contributed by atoms with Gasteiger partial charge in [-0.05, 0) is 48.5 Å². The topological polar surface area (TPSA) is 100 Å². The van der Waals surface area contributed by atoms with Gasteiger partial charge in [0.15, 0.2) is 5.82 Å². The molecular weight excluding hydrogens is 483 g/mol. The van der Waals surface area contributed by atoms with E-state index in [4.69, 9.17) is 0 Å². The largest absolute Gasteiger partial charge is 0.416 e. The molecule has 178 valence electrons. The fourth-order valence-corrected chi connectivity index (χ4v) is 3.50. The maximum atomic E-state index is 14.8. The number of aromatic nitrogens is 1. The highest BCUT2D eigenvalue weighted by Gasteiger charge is 2.30. The maximum absolute atomic E-state index is 14.8. The van der Waals surface area contributed by atoms with E-state index in [2.05, 4.69) is 20.3 Å². The molecule has 0 saturated heterocycles. The van der Waals surface area contributed by atoms with Crippen LogP contribution in [0.25, 0.3) is 0 Å². The standard InChI is InChI=1S/C21H15F5N4O3S/c1-11(31)28-17-9-2-12(10-27-17)20(32)29-19-15(22)7-8-16(18(19)23)30-34(33)14-5-3-13(4-6-14)21(24,25)26/h2-10,30H,1H3,(H,29,32)(H,27,28,31). The Balaban J connectivity index is 1.77. The first-order chi connectivity index (χ1) is 16.0. The van der Waals surface area contributed by atoms with Crippen LogP contribution in [0.1, 0.15) is 22.8 Å². The summed E-state index contributed by atoms with van der Waals surface area (Å²) in [7, 11) is -2.19. The van der Waals surface area contributed by atoms with E-state index in [1.54, 1.807) is 0 Å². The van der Waals surface area contributed by atoms with Crippen molar-refractivity contribution in [3.63, 3.8) is 0 Å². The average Bonchev–Trinajstić information content (AvgIpc) is 2.78. The predicted octanol–water partition coefficient (Wildman–Crippen LogP) is 4.72. The average molecular weight is 498 g/mol. The Bertz CT molecular complexity index is 1250. The highest BCUT2D eigenvalue weighted by molar-refractivity contribution is 7.86. The molecule has 0 aliphatic rings. The van der Waals surface area contributed by atoms with E-state index in [0.717, 1.165) is 30.5 Å². The molecular formula is C21H15F5N4O3S. The van der Waals surface area contributed by atoms with Crippen LogP contribution >= 0.6 is 0 Å². The number of carbonyl (C=O) groups excluding carboxylic acids is 2. The minimum atomic E-state index is -4.58. The van der Waals surface area contributed by atoms with Crippen LogP contribution in [0.4, 0.5) is 39.1 Å². The Hall–Kier alpha value is -3.87. The molecule has 3 N–H and O–H groups in total. The highest BCUT2D eigenvalue weighted by atomic mass is 32.2. The number of alkyl halides is 3. The summed E-state index contributed by atoms with van der Waals surface area (Å²) in [4.78, 5) is 27.1. The molecule has 3 rings (SSSR count).